The first-order chi connectivity index (χ1) is 20.1. The van der Waals surface area contributed by atoms with E-state index in [1.807, 2.05) is 0 Å². The Morgan fingerprint density at radius 3 is 2.43 bits per heavy atom. The molecule has 0 unspecified atom stereocenters. The Kier molecular flexibility index (Phi) is 7.57. The number of hydrogen-bond acceptors (Lipinski definition) is 5. The van der Waals surface area contributed by atoms with Crippen LogP contribution in [0.15, 0.2) is 54.9 Å². The molecule has 2 heterocycles. The van der Waals surface area contributed by atoms with Crippen LogP contribution in [0.5, 0.6) is 0 Å². The number of piperazine rings is 1. The number of halogens is 4. The smallest absolute Gasteiger partial charge is 0.225 e. The van der Waals surface area contributed by atoms with Gasteiger partial charge in [-0.25, -0.2) is 26.0 Å². The molecule has 0 bridgehead atoms. The van der Waals surface area contributed by atoms with Crippen LogP contribution in [0.1, 0.15) is 54.2 Å². The minimum Gasteiger partial charge on any atom is -0.324 e. The lowest BCUT2D eigenvalue weighted by Gasteiger charge is -2.37. The van der Waals surface area contributed by atoms with Crippen molar-refractivity contribution >= 4 is 21.6 Å². The number of amides is 1. The van der Waals surface area contributed by atoms with Crippen LogP contribution in [0.25, 0.3) is 0 Å². The number of nitrogens with one attached hydrogen (secondary N) is 2. The van der Waals surface area contributed by atoms with E-state index in [-0.39, 0.29) is 41.5 Å². The highest BCUT2D eigenvalue weighted by Crippen LogP contribution is 2.59. The molecule has 2 saturated carbocycles. The lowest BCUT2D eigenvalue weighted by Crippen LogP contribution is -2.57. The van der Waals surface area contributed by atoms with Gasteiger partial charge in [0.05, 0.1) is 29.4 Å². The number of hydrogen-bond donors (Lipinski definition) is 2. The van der Waals surface area contributed by atoms with E-state index in [0.29, 0.717) is 25.1 Å². The maximum absolute atomic E-state index is 15.4. The molecule has 3 aliphatic rings. The first kappa shape index (κ1) is 28.8. The lowest BCUT2D eigenvalue weighted by atomic mass is 9.88. The summed E-state index contributed by atoms with van der Waals surface area (Å²) in [6.45, 7) is 1.13. The molecule has 1 saturated heterocycles. The van der Waals surface area contributed by atoms with Gasteiger partial charge in [0.2, 0.25) is 15.9 Å². The van der Waals surface area contributed by atoms with Gasteiger partial charge < -0.3 is 10.6 Å². The third-order valence-electron chi connectivity index (χ3n) is 8.46. The van der Waals surface area contributed by atoms with Crippen molar-refractivity contribution in [2.24, 2.45) is 5.92 Å². The highest BCUT2D eigenvalue weighted by atomic mass is 32.2. The summed E-state index contributed by atoms with van der Waals surface area (Å²) in [7, 11) is -3.56. The van der Waals surface area contributed by atoms with Gasteiger partial charge in [0, 0.05) is 49.5 Å². The molecule has 6 rings (SSSR count). The van der Waals surface area contributed by atoms with Crippen LogP contribution in [0, 0.1) is 29.2 Å². The fourth-order valence-corrected chi connectivity index (χ4v) is 8.50. The summed E-state index contributed by atoms with van der Waals surface area (Å²) < 4.78 is 85.4. The summed E-state index contributed by atoms with van der Waals surface area (Å²) >= 11 is 0. The minimum atomic E-state index is -3.56. The fraction of sp³-hybridized carbons (Fsp3) is 0.400. The Hall–Kier alpha value is -3.35. The van der Waals surface area contributed by atoms with Crippen molar-refractivity contribution in [1.29, 1.82) is 0 Å². The molecule has 1 aromatic heterocycles. The van der Waals surface area contributed by atoms with Gasteiger partial charge in [-0.15, -0.1) is 0 Å². The lowest BCUT2D eigenvalue weighted by molar-refractivity contribution is -0.116. The van der Waals surface area contributed by atoms with Crippen molar-refractivity contribution in [1.82, 2.24) is 14.6 Å². The van der Waals surface area contributed by atoms with E-state index >= 15 is 4.39 Å². The average molecular weight is 603 g/mol. The normalized spacial score (nSPS) is 23.1. The Bertz CT molecular complexity index is 1600. The Morgan fingerprint density at radius 2 is 1.74 bits per heavy atom. The number of benzene rings is 2. The molecule has 7 nitrogen and oxygen atoms in total. The van der Waals surface area contributed by atoms with E-state index < -0.39 is 56.6 Å². The summed E-state index contributed by atoms with van der Waals surface area (Å²) in [4.78, 5) is 17.3. The molecular weight excluding hydrogens is 572 g/mol. The summed E-state index contributed by atoms with van der Waals surface area (Å²) in [5, 5.41) is 5.95. The number of pyridine rings is 1. The second-order valence-electron chi connectivity index (χ2n) is 11.5. The molecular formula is C30H30F4N4O3S. The van der Waals surface area contributed by atoms with Crippen molar-refractivity contribution in [3.63, 3.8) is 0 Å². The highest BCUT2D eigenvalue weighted by molar-refractivity contribution is 7.89. The van der Waals surface area contributed by atoms with Crippen molar-refractivity contribution in [3.05, 3.63) is 94.8 Å². The van der Waals surface area contributed by atoms with Crippen LogP contribution in [0.2, 0.25) is 0 Å². The van der Waals surface area contributed by atoms with E-state index in [9.17, 15) is 26.4 Å². The van der Waals surface area contributed by atoms with Gasteiger partial charge in [-0.1, -0.05) is 12.1 Å². The molecule has 3 fully saturated rings. The van der Waals surface area contributed by atoms with Gasteiger partial charge in [-0.3, -0.25) is 9.78 Å². The molecule has 2 aromatic carbocycles. The molecule has 12 heteroatoms. The standard InChI is InChI=1S/C30H30F4N4O3S/c31-21-5-3-19(4-6-21)24(20-9-22(32)11-23(33)10-20)12-28(39)37-27-15-36-14-26(34)29(27)25-13-30(25)17-35-7-8-38(30)42(40,41)16-18-1-2-18/h3-6,9-11,14-15,18,24-25,35H,1-2,7-8,12-13,16-17H2,(H,37,39)/t24-,25-,30-/m0/s1. The van der Waals surface area contributed by atoms with Crippen molar-refractivity contribution in [3.8, 4) is 0 Å². The van der Waals surface area contributed by atoms with Crippen LogP contribution in [0.4, 0.5) is 23.2 Å². The van der Waals surface area contributed by atoms with Crippen LogP contribution < -0.4 is 10.6 Å². The number of aromatic nitrogens is 1. The quantitative estimate of drug-likeness (QED) is 0.348. The number of carbonyl (C=O) groups excluding carboxylic acids is 1. The third-order valence-corrected chi connectivity index (χ3v) is 10.6. The Morgan fingerprint density at radius 1 is 1.02 bits per heavy atom. The first-order valence-corrected chi connectivity index (χ1v) is 15.5. The minimum absolute atomic E-state index is 0.0787. The molecule has 1 spiro atoms. The topological polar surface area (TPSA) is 91.4 Å². The molecule has 1 amide bonds. The molecule has 1 aliphatic heterocycles. The van der Waals surface area contributed by atoms with E-state index in [1.165, 1.54) is 34.8 Å². The van der Waals surface area contributed by atoms with Gasteiger partial charge in [-0.2, -0.15) is 4.31 Å². The second-order valence-corrected chi connectivity index (χ2v) is 13.4. The maximum Gasteiger partial charge on any atom is 0.225 e. The van der Waals surface area contributed by atoms with Gasteiger partial charge in [0.15, 0.2) is 0 Å². The van der Waals surface area contributed by atoms with Gasteiger partial charge in [-0.05, 0) is 60.6 Å². The van der Waals surface area contributed by atoms with Crippen LogP contribution in [-0.4, -0.2) is 54.5 Å². The average Bonchev–Trinajstić information content (AvgIpc) is 3.86. The van der Waals surface area contributed by atoms with Crippen molar-refractivity contribution in [2.75, 3.05) is 30.7 Å². The zero-order valence-electron chi connectivity index (χ0n) is 22.6. The Labute approximate surface area is 241 Å². The van der Waals surface area contributed by atoms with Crippen LogP contribution >= 0.6 is 0 Å². The second kappa shape index (κ2) is 11.1. The number of rotatable bonds is 9. The summed E-state index contributed by atoms with van der Waals surface area (Å²) in [5.41, 5.74) is 0.0700. The van der Waals surface area contributed by atoms with Gasteiger partial charge >= 0.3 is 0 Å². The number of carbonyl (C=O) groups is 1. The molecule has 3 aromatic rings. The zero-order chi connectivity index (χ0) is 29.6. The fourth-order valence-electron chi connectivity index (χ4n) is 6.21. The molecule has 2 N–H and O–H groups in total. The monoisotopic (exact) mass is 602 g/mol. The largest absolute Gasteiger partial charge is 0.324 e. The summed E-state index contributed by atoms with van der Waals surface area (Å²) in [5.74, 6) is -4.51. The SMILES string of the molecule is O=C(C[C@@H](c1ccc(F)cc1)c1cc(F)cc(F)c1)Nc1cncc(F)c1[C@@H]1C[C@]12CNCCN2S(=O)(=O)CC1CC1. The predicted molar refractivity (Wildman–Crippen MR) is 148 cm³/mol. The number of anilines is 1. The van der Waals surface area contributed by atoms with Crippen molar-refractivity contribution in [2.45, 2.75) is 43.1 Å². The maximum atomic E-state index is 15.4. The van der Waals surface area contributed by atoms with E-state index in [0.717, 1.165) is 37.2 Å². The summed E-state index contributed by atoms with van der Waals surface area (Å²) in [6, 6.07) is 8.20. The molecule has 42 heavy (non-hydrogen) atoms. The predicted octanol–water partition coefficient (Wildman–Crippen LogP) is 4.67. The molecule has 2 aliphatic carbocycles. The summed E-state index contributed by atoms with van der Waals surface area (Å²) in [6.07, 6.45) is 4.22. The number of nitrogens with zero attached hydrogens (tertiary/aromatic N) is 2. The van der Waals surface area contributed by atoms with Crippen molar-refractivity contribution < 1.29 is 30.8 Å². The van der Waals surface area contributed by atoms with E-state index in [2.05, 4.69) is 15.6 Å². The molecule has 0 radical (unpaired) electrons. The number of sulfonamides is 1. The van der Waals surface area contributed by atoms with Crippen LogP contribution in [0.3, 0.4) is 0 Å². The highest BCUT2D eigenvalue weighted by Gasteiger charge is 2.64. The van der Waals surface area contributed by atoms with E-state index in [4.69, 9.17) is 0 Å². The first-order valence-electron chi connectivity index (χ1n) is 13.9. The van der Waals surface area contributed by atoms with Gasteiger partial charge in [0.25, 0.3) is 0 Å². The van der Waals surface area contributed by atoms with Gasteiger partial charge in [0.1, 0.15) is 23.3 Å². The molecule has 3 atom stereocenters. The Balaban J connectivity index is 1.27. The third kappa shape index (κ3) is 5.80. The van der Waals surface area contributed by atoms with E-state index in [1.54, 1.807) is 0 Å². The van der Waals surface area contributed by atoms with Crippen LogP contribution in [-0.2, 0) is 14.8 Å². The zero-order valence-corrected chi connectivity index (χ0v) is 23.4. The molecule has 222 valence electrons.